The van der Waals surface area contributed by atoms with E-state index in [0.717, 1.165) is 35.9 Å². The van der Waals surface area contributed by atoms with Crippen LogP contribution in [0.3, 0.4) is 0 Å². The van der Waals surface area contributed by atoms with Gasteiger partial charge >= 0.3 is 0 Å². The fourth-order valence-corrected chi connectivity index (χ4v) is 5.48. The fourth-order valence-electron chi connectivity index (χ4n) is 3.55. The second kappa shape index (κ2) is 9.25. The molecule has 0 saturated carbocycles. The lowest BCUT2D eigenvalue weighted by atomic mass is 10.1. The van der Waals surface area contributed by atoms with Crippen molar-refractivity contribution in [3.8, 4) is 0 Å². The summed E-state index contributed by atoms with van der Waals surface area (Å²) in [6.45, 7) is 4.49. The van der Waals surface area contributed by atoms with Crippen LogP contribution < -0.4 is 9.62 Å². The third kappa shape index (κ3) is 4.91. The molecule has 2 heterocycles. The van der Waals surface area contributed by atoms with E-state index in [0.29, 0.717) is 19.6 Å². The van der Waals surface area contributed by atoms with Crippen molar-refractivity contribution in [3.05, 3.63) is 71.0 Å². The van der Waals surface area contributed by atoms with Crippen LogP contribution in [-0.4, -0.2) is 50.4 Å². The Morgan fingerprint density at radius 3 is 2.53 bits per heavy atom. The van der Waals surface area contributed by atoms with E-state index in [4.69, 9.17) is 0 Å². The third-order valence-electron chi connectivity index (χ3n) is 5.19. The molecule has 4 rings (SSSR count). The molecule has 1 amide bonds. The predicted molar refractivity (Wildman–Crippen MR) is 123 cm³/mol. The highest BCUT2D eigenvalue weighted by Gasteiger charge is 2.25. The van der Waals surface area contributed by atoms with Crippen LogP contribution in [0.4, 0.5) is 15.2 Å². The minimum atomic E-state index is -3.97. The highest BCUT2D eigenvalue weighted by molar-refractivity contribution is 7.92. The quantitative estimate of drug-likeness (QED) is 0.609. The Balaban J connectivity index is 1.51. The number of sulfonamides is 1. The molecular formula is C22H23FN4O3S2. The normalized spacial score (nSPS) is 14.8. The van der Waals surface area contributed by atoms with Crippen molar-refractivity contribution in [2.24, 2.45) is 0 Å². The third-order valence-corrected chi connectivity index (χ3v) is 7.59. The topological polar surface area (TPSA) is 82.6 Å². The van der Waals surface area contributed by atoms with Gasteiger partial charge in [0.05, 0.1) is 21.8 Å². The van der Waals surface area contributed by atoms with Crippen LogP contribution in [0.15, 0.2) is 58.8 Å². The minimum absolute atomic E-state index is 0.0784. The zero-order valence-corrected chi connectivity index (χ0v) is 19.1. The Labute approximate surface area is 190 Å². The Kier molecular flexibility index (Phi) is 6.43. The van der Waals surface area contributed by atoms with Crippen molar-refractivity contribution in [1.29, 1.82) is 0 Å². The average molecular weight is 475 g/mol. The number of nitrogens with zero attached hydrogens (tertiary/aromatic N) is 3. The maximum absolute atomic E-state index is 13.3. The van der Waals surface area contributed by atoms with Crippen molar-refractivity contribution in [1.82, 2.24) is 9.88 Å². The summed E-state index contributed by atoms with van der Waals surface area (Å²) in [5.74, 6) is -0.762. The van der Waals surface area contributed by atoms with Gasteiger partial charge in [-0.3, -0.25) is 9.52 Å². The summed E-state index contributed by atoms with van der Waals surface area (Å²) in [4.78, 5) is 21.7. The number of hydrogen-bond acceptors (Lipinski definition) is 6. The van der Waals surface area contributed by atoms with Gasteiger partial charge in [0.1, 0.15) is 5.82 Å². The number of thiazole rings is 1. The molecule has 1 aliphatic heterocycles. The van der Waals surface area contributed by atoms with Crippen LogP contribution in [0.25, 0.3) is 0 Å². The summed E-state index contributed by atoms with van der Waals surface area (Å²) in [6.07, 6.45) is 0.786. The average Bonchev–Trinajstić information content (AvgIpc) is 3.05. The number of amides is 1. The van der Waals surface area contributed by atoms with E-state index in [2.05, 4.69) is 14.6 Å². The van der Waals surface area contributed by atoms with Gasteiger partial charge in [0.15, 0.2) is 5.13 Å². The Bertz CT molecular complexity index is 1210. The molecule has 1 N–H and O–H groups in total. The number of para-hydroxylation sites is 1. The Morgan fingerprint density at radius 2 is 1.81 bits per heavy atom. The van der Waals surface area contributed by atoms with Crippen molar-refractivity contribution >= 4 is 38.1 Å². The molecule has 1 aromatic heterocycles. The molecule has 32 heavy (non-hydrogen) atoms. The van der Waals surface area contributed by atoms with Crippen molar-refractivity contribution in [3.63, 3.8) is 0 Å². The number of anilines is 2. The number of halogens is 1. The lowest BCUT2D eigenvalue weighted by molar-refractivity contribution is 0.0768. The summed E-state index contributed by atoms with van der Waals surface area (Å²) >= 11 is 1.59. The Hall–Kier alpha value is -2.98. The molecule has 0 bridgehead atoms. The number of aryl methyl sites for hydroxylation is 1. The van der Waals surface area contributed by atoms with Crippen molar-refractivity contribution in [2.75, 3.05) is 35.8 Å². The number of carbonyl (C=O) groups excluding carboxylic acids is 1. The van der Waals surface area contributed by atoms with Gasteiger partial charge in [0, 0.05) is 31.6 Å². The molecule has 0 unspecified atom stereocenters. The van der Waals surface area contributed by atoms with Crippen molar-refractivity contribution in [2.45, 2.75) is 18.2 Å². The molecule has 1 aliphatic rings. The summed E-state index contributed by atoms with van der Waals surface area (Å²) in [6, 6.07) is 11.1. The zero-order chi connectivity index (χ0) is 22.7. The molecule has 2 aromatic carbocycles. The number of rotatable bonds is 5. The SMILES string of the molecule is Cc1csc(N2CCCN(C(=O)c3ccccc3NS(=O)(=O)c3ccc(F)cc3)CC2)n1. The largest absolute Gasteiger partial charge is 0.346 e. The first-order valence-electron chi connectivity index (χ1n) is 10.2. The number of carbonyl (C=O) groups is 1. The van der Waals surface area contributed by atoms with E-state index in [1.807, 2.05) is 12.3 Å². The molecule has 7 nitrogen and oxygen atoms in total. The van der Waals surface area contributed by atoms with E-state index < -0.39 is 15.8 Å². The second-order valence-electron chi connectivity index (χ2n) is 7.51. The van der Waals surface area contributed by atoms with E-state index in [1.165, 1.54) is 12.1 Å². The molecule has 0 atom stereocenters. The van der Waals surface area contributed by atoms with E-state index in [-0.39, 0.29) is 22.1 Å². The first-order valence-corrected chi connectivity index (χ1v) is 12.5. The van der Waals surface area contributed by atoms with Crippen LogP contribution in [0.1, 0.15) is 22.5 Å². The van der Waals surface area contributed by atoms with Gasteiger partial charge in [-0.05, 0) is 49.7 Å². The maximum Gasteiger partial charge on any atom is 0.261 e. The molecule has 1 fully saturated rings. The molecular weight excluding hydrogens is 451 g/mol. The lowest BCUT2D eigenvalue weighted by Gasteiger charge is -2.23. The fraction of sp³-hybridized carbons (Fsp3) is 0.273. The number of benzene rings is 2. The van der Waals surface area contributed by atoms with Gasteiger partial charge in [-0.1, -0.05) is 12.1 Å². The molecule has 0 aliphatic carbocycles. The molecule has 0 radical (unpaired) electrons. The first kappa shape index (κ1) is 22.2. The van der Waals surface area contributed by atoms with Crippen molar-refractivity contribution < 1.29 is 17.6 Å². The molecule has 1 saturated heterocycles. The highest BCUT2D eigenvalue weighted by Crippen LogP contribution is 2.24. The zero-order valence-electron chi connectivity index (χ0n) is 17.5. The predicted octanol–water partition coefficient (Wildman–Crippen LogP) is 3.74. The maximum atomic E-state index is 13.3. The standard InChI is InChI=1S/C22H23FN4O3S2/c1-16-15-31-22(24-16)27-12-4-11-26(13-14-27)21(28)19-5-2-3-6-20(19)25-32(29,30)18-9-7-17(23)8-10-18/h2-3,5-10,15,25H,4,11-14H2,1H3. The number of hydrogen-bond donors (Lipinski definition) is 1. The van der Waals surface area contributed by atoms with Gasteiger partial charge < -0.3 is 9.80 Å². The van der Waals surface area contributed by atoms with Gasteiger partial charge in [-0.25, -0.2) is 17.8 Å². The molecule has 168 valence electrons. The van der Waals surface area contributed by atoms with Crippen LogP contribution in [0.5, 0.6) is 0 Å². The summed E-state index contributed by atoms with van der Waals surface area (Å²) in [5, 5.41) is 2.95. The van der Waals surface area contributed by atoms with Gasteiger partial charge in [-0.2, -0.15) is 0 Å². The summed E-state index contributed by atoms with van der Waals surface area (Å²) in [5.41, 5.74) is 1.44. The molecule has 0 spiro atoms. The van der Waals surface area contributed by atoms with Crippen LogP contribution in [0.2, 0.25) is 0 Å². The lowest BCUT2D eigenvalue weighted by Crippen LogP contribution is -2.35. The smallest absolute Gasteiger partial charge is 0.261 e. The minimum Gasteiger partial charge on any atom is -0.346 e. The highest BCUT2D eigenvalue weighted by atomic mass is 32.2. The second-order valence-corrected chi connectivity index (χ2v) is 10.0. The van der Waals surface area contributed by atoms with Gasteiger partial charge in [0.25, 0.3) is 15.9 Å². The van der Waals surface area contributed by atoms with E-state index in [1.54, 1.807) is 40.5 Å². The van der Waals surface area contributed by atoms with E-state index in [9.17, 15) is 17.6 Å². The first-order chi connectivity index (χ1) is 15.3. The number of aromatic nitrogens is 1. The van der Waals surface area contributed by atoms with Crippen LogP contribution in [0, 0.1) is 12.7 Å². The van der Waals surface area contributed by atoms with Gasteiger partial charge in [0.2, 0.25) is 0 Å². The monoisotopic (exact) mass is 474 g/mol. The summed E-state index contributed by atoms with van der Waals surface area (Å²) in [7, 11) is -3.97. The Morgan fingerprint density at radius 1 is 1.06 bits per heavy atom. The van der Waals surface area contributed by atoms with E-state index >= 15 is 0 Å². The molecule has 3 aromatic rings. The number of nitrogens with one attached hydrogen (secondary N) is 1. The molecule has 10 heteroatoms. The van der Waals surface area contributed by atoms with Gasteiger partial charge in [-0.15, -0.1) is 11.3 Å². The van der Waals surface area contributed by atoms with Crippen LogP contribution in [-0.2, 0) is 10.0 Å². The summed E-state index contributed by atoms with van der Waals surface area (Å²) < 4.78 is 41.2. The van der Waals surface area contributed by atoms with Crippen LogP contribution >= 0.6 is 11.3 Å².